The van der Waals surface area contributed by atoms with E-state index < -0.39 is 12.1 Å². The van der Waals surface area contributed by atoms with E-state index in [9.17, 15) is 19.8 Å². The van der Waals surface area contributed by atoms with Crippen LogP contribution in [0.2, 0.25) is 0 Å². The fourth-order valence-corrected chi connectivity index (χ4v) is 11.2. The van der Waals surface area contributed by atoms with Gasteiger partial charge in [0.1, 0.15) is 0 Å². The number of allylic oxidation sites excluding steroid dienone is 5. The number of aliphatic hydroxyl groups excluding tert-OH is 2. The highest BCUT2D eigenvalue weighted by molar-refractivity contribution is 5.76. The van der Waals surface area contributed by atoms with Crippen molar-refractivity contribution >= 4 is 11.9 Å². The lowest BCUT2D eigenvalue weighted by molar-refractivity contribution is -0.143. The predicted octanol–water partition coefficient (Wildman–Crippen LogP) is 23.1. The summed E-state index contributed by atoms with van der Waals surface area (Å²) in [6.45, 7) is 4.89. The standard InChI is InChI=1S/C73H139NO5/c1-3-5-7-9-11-13-15-43-47-51-55-59-63-67-73(78)79-68-64-60-56-52-48-45-42-40-38-36-34-32-30-28-26-24-22-20-18-16-17-19-21-23-25-27-29-31-33-35-37-39-41-44-46-50-54-58-62-66-72(77)74-70(69-75)71(76)65-61-57-53-49-14-12-10-8-6-4-2/h13,15-17,61,65,70-71,75-76H,3-12,14,18-60,62-64,66-69H2,1-2H3,(H,74,77)/b15-13-,17-16-,65-61+. The van der Waals surface area contributed by atoms with Crippen molar-refractivity contribution in [2.45, 2.75) is 405 Å². The number of nitrogens with one attached hydrogen (secondary N) is 1. The summed E-state index contributed by atoms with van der Waals surface area (Å²) in [7, 11) is 0. The number of rotatable bonds is 67. The van der Waals surface area contributed by atoms with Gasteiger partial charge in [0.25, 0.3) is 0 Å². The zero-order valence-electron chi connectivity index (χ0n) is 53.4. The number of hydrogen-bond donors (Lipinski definition) is 3. The number of hydrogen-bond acceptors (Lipinski definition) is 5. The van der Waals surface area contributed by atoms with Gasteiger partial charge >= 0.3 is 5.97 Å². The van der Waals surface area contributed by atoms with Gasteiger partial charge in [-0.15, -0.1) is 0 Å². The predicted molar refractivity (Wildman–Crippen MR) is 347 cm³/mol. The Morgan fingerprint density at radius 2 is 0.595 bits per heavy atom. The molecule has 0 bridgehead atoms. The van der Waals surface area contributed by atoms with Gasteiger partial charge in [-0.2, -0.15) is 0 Å². The van der Waals surface area contributed by atoms with E-state index in [2.05, 4.69) is 43.5 Å². The van der Waals surface area contributed by atoms with Crippen molar-refractivity contribution in [3.8, 4) is 0 Å². The van der Waals surface area contributed by atoms with Crippen LogP contribution in [0.25, 0.3) is 0 Å². The van der Waals surface area contributed by atoms with Crippen LogP contribution in [0.15, 0.2) is 36.5 Å². The minimum atomic E-state index is -0.839. The first-order chi connectivity index (χ1) is 39.0. The SMILES string of the molecule is CCCCCC/C=C\CCCCCCCC(=O)OCCCCCCCCCCCCCCCCCCCC/C=C\CCCCCCCCCCCCCCCCCCCC(=O)NC(CO)C(O)/C=C/CCCCCCCCCC. The first-order valence-electron chi connectivity index (χ1n) is 35.8. The summed E-state index contributed by atoms with van der Waals surface area (Å²) in [6, 6.07) is -0.622. The lowest BCUT2D eigenvalue weighted by Crippen LogP contribution is -2.45. The van der Waals surface area contributed by atoms with E-state index in [1.165, 1.54) is 321 Å². The highest BCUT2D eigenvalue weighted by atomic mass is 16.5. The van der Waals surface area contributed by atoms with Crippen LogP contribution < -0.4 is 5.32 Å². The number of ether oxygens (including phenoxy) is 1. The van der Waals surface area contributed by atoms with Crippen molar-refractivity contribution in [3.63, 3.8) is 0 Å². The molecule has 0 aromatic carbocycles. The zero-order valence-corrected chi connectivity index (χ0v) is 53.4. The topological polar surface area (TPSA) is 95.9 Å². The van der Waals surface area contributed by atoms with Gasteiger partial charge in [0.05, 0.1) is 25.4 Å². The van der Waals surface area contributed by atoms with Crippen LogP contribution in [-0.4, -0.2) is 47.4 Å². The fourth-order valence-electron chi connectivity index (χ4n) is 11.2. The van der Waals surface area contributed by atoms with E-state index in [4.69, 9.17) is 4.74 Å². The minimum Gasteiger partial charge on any atom is -0.466 e. The van der Waals surface area contributed by atoms with Crippen molar-refractivity contribution in [1.29, 1.82) is 0 Å². The van der Waals surface area contributed by atoms with Crippen molar-refractivity contribution in [2.75, 3.05) is 13.2 Å². The van der Waals surface area contributed by atoms with E-state index in [0.717, 1.165) is 44.9 Å². The average molecular weight is 1110 g/mol. The maximum atomic E-state index is 12.4. The summed E-state index contributed by atoms with van der Waals surface area (Å²) in [5.41, 5.74) is 0. The third-order valence-electron chi connectivity index (χ3n) is 16.6. The summed E-state index contributed by atoms with van der Waals surface area (Å²) >= 11 is 0. The van der Waals surface area contributed by atoms with Gasteiger partial charge in [-0.1, -0.05) is 333 Å². The molecule has 79 heavy (non-hydrogen) atoms. The molecule has 0 aliphatic rings. The molecular weight excluding hydrogens is 971 g/mol. The van der Waals surface area contributed by atoms with E-state index in [1.54, 1.807) is 6.08 Å². The maximum absolute atomic E-state index is 12.4. The first kappa shape index (κ1) is 77.1. The van der Waals surface area contributed by atoms with Gasteiger partial charge in [-0.25, -0.2) is 0 Å². The lowest BCUT2D eigenvalue weighted by Gasteiger charge is -2.20. The van der Waals surface area contributed by atoms with Gasteiger partial charge in [-0.05, 0) is 83.5 Å². The molecule has 0 radical (unpaired) electrons. The van der Waals surface area contributed by atoms with Gasteiger partial charge < -0.3 is 20.3 Å². The van der Waals surface area contributed by atoms with Gasteiger partial charge in [0.2, 0.25) is 5.91 Å². The third kappa shape index (κ3) is 65.1. The van der Waals surface area contributed by atoms with E-state index in [1.807, 2.05) is 6.08 Å². The molecule has 1 amide bonds. The summed E-state index contributed by atoms with van der Waals surface area (Å²) in [6.07, 6.45) is 88.3. The Morgan fingerprint density at radius 1 is 0.342 bits per heavy atom. The van der Waals surface area contributed by atoms with E-state index in [-0.39, 0.29) is 18.5 Å². The lowest BCUT2D eigenvalue weighted by atomic mass is 10.0. The molecule has 0 aromatic rings. The fraction of sp³-hybridized carbons (Fsp3) is 0.890. The molecule has 2 unspecified atom stereocenters. The minimum absolute atomic E-state index is 0.0132. The Kier molecular flexibility index (Phi) is 66.9. The maximum Gasteiger partial charge on any atom is 0.305 e. The van der Waals surface area contributed by atoms with Gasteiger partial charge in [0.15, 0.2) is 0 Å². The van der Waals surface area contributed by atoms with Crippen LogP contribution in [0.4, 0.5) is 0 Å². The average Bonchev–Trinajstić information content (AvgIpc) is 3.45. The normalized spacial score (nSPS) is 12.7. The molecule has 0 aliphatic heterocycles. The molecule has 6 nitrogen and oxygen atoms in total. The molecule has 466 valence electrons. The Hall–Kier alpha value is -1.92. The summed E-state index contributed by atoms with van der Waals surface area (Å²) in [4.78, 5) is 24.5. The van der Waals surface area contributed by atoms with Crippen LogP contribution in [0, 0.1) is 0 Å². The van der Waals surface area contributed by atoms with Crippen LogP contribution in [0.1, 0.15) is 393 Å². The van der Waals surface area contributed by atoms with Crippen LogP contribution in [-0.2, 0) is 14.3 Å². The van der Waals surface area contributed by atoms with Crippen LogP contribution >= 0.6 is 0 Å². The zero-order chi connectivity index (χ0) is 57.1. The Balaban J connectivity index is 3.31. The number of unbranched alkanes of at least 4 members (excludes halogenated alkanes) is 52. The Bertz CT molecular complexity index is 1280. The highest BCUT2D eigenvalue weighted by Crippen LogP contribution is 2.18. The molecule has 0 rings (SSSR count). The monoisotopic (exact) mass is 1110 g/mol. The highest BCUT2D eigenvalue weighted by Gasteiger charge is 2.18. The quantitative estimate of drug-likeness (QED) is 0.0320. The smallest absolute Gasteiger partial charge is 0.305 e. The first-order valence-corrected chi connectivity index (χ1v) is 35.8. The molecule has 0 aromatic heterocycles. The van der Waals surface area contributed by atoms with Gasteiger partial charge in [0, 0.05) is 12.8 Å². The molecule has 0 saturated heterocycles. The Morgan fingerprint density at radius 3 is 0.911 bits per heavy atom. The summed E-state index contributed by atoms with van der Waals surface area (Å²) in [5, 5.41) is 23.0. The van der Waals surface area contributed by atoms with Gasteiger partial charge in [-0.3, -0.25) is 9.59 Å². The second kappa shape index (κ2) is 68.6. The molecule has 3 N–H and O–H groups in total. The largest absolute Gasteiger partial charge is 0.466 e. The number of carbonyl (C=O) groups is 2. The number of aliphatic hydroxyl groups is 2. The summed E-state index contributed by atoms with van der Waals surface area (Å²) in [5.74, 6) is -0.0511. The third-order valence-corrected chi connectivity index (χ3v) is 16.6. The number of carbonyl (C=O) groups excluding carboxylic acids is 2. The van der Waals surface area contributed by atoms with Crippen LogP contribution in [0.5, 0.6) is 0 Å². The molecule has 0 fully saturated rings. The van der Waals surface area contributed by atoms with Crippen molar-refractivity contribution in [3.05, 3.63) is 36.5 Å². The molecule has 0 heterocycles. The number of esters is 1. The molecular formula is C73H139NO5. The van der Waals surface area contributed by atoms with Crippen molar-refractivity contribution in [2.24, 2.45) is 0 Å². The van der Waals surface area contributed by atoms with E-state index >= 15 is 0 Å². The number of amides is 1. The molecule has 0 spiro atoms. The Labute approximate surface area is 494 Å². The summed E-state index contributed by atoms with van der Waals surface area (Å²) < 4.78 is 5.48. The van der Waals surface area contributed by atoms with E-state index in [0.29, 0.717) is 19.4 Å². The molecule has 6 heteroatoms. The second-order valence-corrected chi connectivity index (χ2v) is 24.6. The van der Waals surface area contributed by atoms with Crippen molar-refractivity contribution < 1.29 is 24.5 Å². The van der Waals surface area contributed by atoms with Crippen molar-refractivity contribution in [1.82, 2.24) is 5.32 Å². The second-order valence-electron chi connectivity index (χ2n) is 24.6. The van der Waals surface area contributed by atoms with Crippen LogP contribution in [0.3, 0.4) is 0 Å². The molecule has 0 saturated carbocycles. The molecule has 0 aliphatic carbocycles. The molecule has 2 atom stereocenters.